The van der Waals surface area contributed by atoms with Crippen molar-refractivity contribution < 1.29 is 5.11 Å². The lowest BCUT2D eigenvalue weighted by Gasteiger charge is -1.98. The monoisotopic (exact) mass is 202 g/mol. The van der Waals surface area contributed by atoms with Gasteiger partial charge in [-0.15, -0.1) is 0 Å². The van der Waals surface area contributed by atoms with E-state index in [9.17, 15) is 5.11 Å². The standard InChI is InChI=1S/C12H14N2O/c1-8-9(2)14(3)13-12(8)10-4-6-11(15)7-5-10/h4-7,15H,1-3H3. The van der Waals surface area contributed by atoms with E-state index in [0.717, 1.165) is 17.0 Å². The van der Waals surface area contributed by atoms with Crippen LogP contribution in [0.5, 0.6) is 5.75 Å². The fraction of sp³-hybridized carbons (Fsp3) is 0.250. The summed E-state index contributed by atoms with van der Waals surface area (Å²) in [6, 6.07) is 7.12. The summed E-state index contributed by atoms with van der Waals surface area (Å²) in [4.78, 5) is 0. The Labute approximate surface area is 89.0 Å². The van der Waals surface area contributed by atoms with Crippen LogP contribution in [-0.2, 0) is 7.05 Å². The van der Waals surface area contributed by atoms with E-state index in [1.165, 1.54) is 5.56 Å². The van der Waals surface area contributed by atoms with Gasteiger partial charge in [-0.2, -0.15) is 5.10 Å². The maximum atomic E-state index is 9.21. The highest BCUT2D eigenvalue weighted by molar-refractivity contribution is 5.64. The predicted molar refractivity (Wildman–Crippen MR) is 59.8 cm³/mol. The Balaban J connectivity index is 2.54. The average molecular weight is 202 g/mol. The van der Waals surface area contributed by atoms with Crippen LogP contribution in [0.3, 0.4) is 0 Å². The van der Waals surface area contributed by atoms with E-state index in [-0.39, 0.29) is 5.75 Å². The summed E-state index contributed by atoms with van der Waals surface area (Å²) in [5.74, 6) is 0.282. The molecule has 0 saturated heterocycles. The second kappa shape index (κ2) is 3.42. The first-order valence-electron chi connectivity index (χ1n) is 4.89. The number of phenols is 1. The van der Waals surface area contributed by atoms with Crippen LogP contribution < -0.4 is 0 Å². The van der Waals surface area contributed by atoms with Crippen molar-refractivity contribution in [1.29, 1.82) is 0 Å². The fourth-order valence-corrected chi connectivity index (χ4v) is 1.61. The van der Waals surface area contributed by atoms with E-state index >= 15 is 0 Å². The highest BCUT2D eigenvalue weighted by atomic mass is 16.3. The van der Waals surface area contributed by atoms with Crippen LogP contribution in [-0.4, -0.2) is 14.9 Å². The maximum Gasteiger partial charge on any atom is 0.115 e. The van der Waals surface area contributed by atoms with Gasteiger partial charge in [0.2, 0.25) is 0 Å². The van der Waals surface area contributed by atoms with E-state index in [1.807, 2.05) is 30.8 Å². The van der Waals surface area contributed by atoms with E-state index < -0.39 is 0 Å². The molecule has 0 aliphatic heterocycles. The number of aromatic hydroxyl groups is 1. The number of nitrogens with zero attached hydrogens (tertiary/aromatic N) is 2. The van der Waals surface area contributed by atoms with Gasteiger partial charge in [0.1, 0.15) is 5.75 Å². The molecule has 3 nitrogen and oxygen atoms in total. The zero-order chi connectivity index (χ0) is 11.0. The zero-order valence-electron chi connectivity index (χ0n) is 9.15. The summed E-state index contributed by atoms with van der Waals surface area (Å²) in [6.45, 7) is 4.11. The van der Waals surface area contributed by atoms with Crippen molar-refractivity contribution in [3.8, 4) is 17.0 Å². The van der Waals surface area contributed by atoms with Crippen molar-refractivity contribution in [2.24, 2.45) is 7.05 Å². The van der Waals surface area contributed by atoms with Gasteiger partial charge >= 0.3 is 0 Å². The van der Waals surface area contributed by atoms with Crippen molar-refractivity contribution in [2.75, 3.05) is 0 Å². The van der Waals surface area contributed by atoms with Crippen molar-refractivity contribution >= 4 is 0 Å². The van der Waals surface area contributed by atoms with Crippen molar-refractivity contribution in [1.82, 2.24) is 9.78 Å². The van der Waals surface area contributed by atoms with Gasteiger partial charge in [0.15, 0.2) is 0 Å². The summed E-state index contributed by atoms with van der Waals surface area (Å²) in [5.41, 5.74) is 4.37. The minimum atomic E-state index is 0.282. The second-order valence-corrected chi connectivity index (χ2v) is 3.73. The molecule has 3 heteroatoms. The van der Waals surface area contributed by atoms with E-state index in [4.69, 9.17) is 0 Å². The number of phenolic OH excluding ortho intramolecular Hbond substituents is 1. The van der Waals surface area contributed by atoms with Gasteiger partial charge in [0.05, 0.1) is 5.69 Å². The molecule has 0 radical (unpaired) electrons. The molecule has 15 heavy (non-hydrogen) atoms. The summed E-state index contributed by atoms with van der Waals surface area (Å²) >= 11 is 0. The van der Waals surface area contributed by atoms with Crippen molar-refractivity contribution in [2.45, 2.75) is 13.8 Å². The van der Waals surface area contributed by atoms with Crippen molar-refractivity contribution in [3.05, 3.63) is 35.5 Å². The number of aryl methyl sites for hydroxylation is 1. The molecular weight excluding hydrogens is 188 g/mol. The van der Waals surface area contributed by atoms with Gasteiger partial charge < -0.3 is 5.11 Å². The molecular formula is C12H14N2O. The summed E-state index contributed by atoms with van der Waals surface area (Å²) in [5, 5.41) is 13.7. The second-order valence-electron chi connectivity index (χ2n) is 3.73. The molecule has 2 aromatic rings. The highest BCUT2D eigenvalue weighted by Crippen LogP contribution is 2.25. The molecule has 78 valence electrons. The molecule has 1 heterocycles. The minimum absolute atomic E-state index is 0.282. The third-order valence-corrected chi connectivity index (χ3v) is 2.77. The molecule has 0 atom stereocenters. The number of hydrogen-bond acceptors (Lipinski definition) is 2. The molecule has 0 aliphatic rings. The third-order valence-electron chi connectivity index (χ3n) is 2.77. The first-order valence-corrected chi connectivity index (χ1v) is 4.89. The Morgan fingerprint density at radius 1 is 1.13 bits per heavy atom. The molecule has 1 aromatic carbocycles. The molecule has 2 rings (SSSR count). The van der Waals surface area contributed by atoms with E-state index in [2.05, 4.69) is 12.0 Å². The Hall–Kier alpha value is -1.77. The van der Waals surface area contributed by atoms with Gasteiger partial charge in [0, 0.05) is 18.3 Å². The summed E-state index contributed by atoms with van der Waals surface area (Å²) in [6.07, 6.45) is 0. The van der Waals surface area contributed by atoms with Crippen LogP contribution in [0, 0.1) is 13.8 Å². The van der Waals surface area contributed by atoms with Crippen LogP contribution in [0.2, 0.25) is 0 Å². The lowest BCUT2D eigenvalue weighted by atomic mass is 10.1. The molecule has 1 aromatic heterocycles. The van der Waals surface area contributed by atoms with Gasteiger partial charge in [0.25, 0.3) is 0 Å². The summed E-state index contributed by atoms with van der Waals surface area (Å²) in [7, 11) is 1.94. The number of aromatic nitrogens is 2. The largest absolute Gasteiger partial charge is 0.508 e. The predicted octanol–water partition coefficient (Wildman–Crippen LogP) is 2.41. The normalized spacial score (nSPS) is 10.6. The maximum absolute atomic E-state index is 9.21. The van der Waals surface area contributed by atoms with Crippen LogP contribution in [0.4, 0.5) is 0 Å². The molecule has 0 bridgehead atoms. The van der Waals surface area contributed by atoms with Crippen LogP contribution >= 0.6 is 0 Å². The quantitative estimate of drug-likeness (QED) is 0.771. The number of hydrogen-bond donors (Lipinski definition) is 1. The Bertz CT molecular complexity index is 483. The average Bonchev–Trinajstić information content (AvgIpc) is 2.47. The zero-order valence-corrected chi connectivity index (χ0v) is 9.15. The van der Waals surface area contributed by atoms with Gasteiger partial charge in [-0.3, -0.25) is 4.68 Å². The van der Waals surface area contributed by atoms with E-state index in [0.29, 0.717) is 0 Å². The van der Waals surface area contributed by atoms with Gasteiger partial charge in [-0.05, 0) is 43.7 Å². The van der Waals surface area contributed by atoms with Crippen LogP contribution in [0.1, 0.15) is 11.3 Å². The van der Waals surface area contributed by atoms with Gasteiger partial charge in [-0.1, -0.05) is 0 Å². The molecule has 1 N–H and O–H groups in total. The topological polar surface area (TPSA) is 38.1 Å². The fourth-order valence-electron chi connectivity index (χ4n) is 1.61. The lowest BCUT2D eigenvalue weighted by molar-refractivity contribution is 0.475. The first-order chi connectivity index (χ1) is 7.09. The molecule has 0 amide bonds. The Morgan fingerprint density at radius 2 is 1.73 bits per heavy atom. The third kappa shape index (κ3) is 1.61. The molecule has 0 spiro atoms. The number of rotatable bonds is 1. The van der Waals surface area contributed by atoms with Crippen molar-refractivity contribution in [3.63, 3.8) is 0 Å². The van der Waals surface area contributed by atoms with Crippen LogP contribution in [0.15, 0.2) is 24.3 Å². The summed E-state index contributed by atoms with van der Waals surface area (Å²) < 4.78 is 1.87. The molecule has 0 aliphatic carbocycles. The minimum Gasteiger partial charge on any atom is -0.508 e. The lowest BCUT2D eigenvalue weighted by Crippen LogP contribution is -1.92. The molecule has 0 unspecified atom stereocenters. The van der Waals surface area contributed by atoms with Gasteiger partial charge in [-0.25, -0.2) is 0 Å². The van der Waals surface area contributed by atoms with Crippen LogP contribution in [0.25, 0.3) is 11.3 Å². The Morgan fingerprint density at radius 3 is 2.20 bits per heavy atom. The number of benzene rings is 1. The molecule has 0 fully saturated rings. The Kier molecular flexibility index (Phi) is 2.23. The van der Waals surface area contributed by atoms with E-state index in [1.54, 1.807) is 12.1 Å². The SMILES string of the molecule is Cc1c(-c2ccc(O)cc2)nn(C)c1C. The molecule has 0 saturated carbocycles. The first kappa shape index (κ1) is 9.77. The highest BCUT2D eigenvalue weighted by Gasteiger charge is 2.09. The smallest absolute Gasteiger partial charge is 0.115 e.